The highest BCUT2D eigenvalue weighted by atomic mass is 16.5. The van der Waals surface area contributed by atoms with E-state index >= 15 is 0 Å². The van der Waals surface area contributed by atoms with Crippen LogP contribution in [-0.4, -0.2) is 29.1 Å². The second-order valence-electron chi connectivity index (χ2n) is 7.65. The number of ketones is 1. The summed E-state index contributed by atoms with van der Waals surface area (Å²) < 4.78 is 6.66. The Hall–Kier alpha value is -3.71. The SMILES string of the molecule is COCCCn1c2c(c(=O)[nH]c1=O)[C@H](c1ccccc1)C1=C(N2)c2ccccc2C1=O. The number of benzene rings is 2. The number of hydrogen-bond acceptors (Lipinski definition) is 5. The highest BCUT2D eigenvalue weighted by molar-refractivity contribution is 6.23. The lowest BCUT2D eigenvalue weighted by molar-refractivity contribution is 0.103. The van der Waals surface area contributed by atoms with Gasteiger partial charge in [-0.25, -0.2) is 4.79 Å². The number of nitrogens with one attached hydrogen (secondary N) is 2. The van der Waals surface area contributed by atoms with Crippen molar-refractivity contribution in [2.45, 2.75) is 18.9 Å². The molecule has 156 valence electrons. The first-order valence-electron chi connectivity index (χ1n) is 10.2. The molecule has 0 unspecified atom stereocenters. The minimum Gasteiger partial charge on any atom is -0.385 e. The third-order valence-electron chi connectivity index (χ3n) is 5.87. The van der Waals surface area contributed by atoms with Crippen LogP contribution < -0.4 is 16.6 Å². The molecule has 3 aromatic rings. The third-order valence-corrected chi connectivity index (χ3v) is 5.87. The predicted molar refractivity (Wildman–Crippen MR) is 117 cm³/mol. The van der Waals surface area contributed by atoms with Crippen LogP contribution in [0.25, 0.3) is 5.70 Å². The smallest absolute Gasteiger partial charge is 0.329 e. The van der Waals surface area contributed by atoms with E-state index in [0.29, 0.717) is 47.8 Å². The lowest BCUT2D eigenvalue weighted by atomic mass is 9.81. The standard InChI is InChI=1S/C24H21N3O4/c1-31-13-7-12-27-22-19(23(29)26-24(27)30)17(14-8-3-2-4-9-14)18-20(25-22)15-10-5-6-11-16(15)21(18)28/h2-6,8-11,17,25H,7,12-13H2,1H3,(H,26,29,30)/t17-/m1/s1. The Morgan fingerprint density at radius 1 is 0.968 bits per heavy atom. The lowest BCUT2D eigenvalue weighted by Gasteiger charge is -2.29. The van der Waals surface area contributed by atoms with Gasteiger partial charge in [-0.15, -0.1) is 0 Å². The molecule has 5 rings (SSSR count). The van der Waals surface area contributed by atoms with Gasteiger partial charge >= 0.3 is 5.69 Å². The van der Waals surface area contributed by atoms with E-state index in [0.717, 1.165) is 11.1 Å². The van der Waals surface area contributed by atoms with Crippen LogP contribution in [0.1, 0.15) is 39.4 Å². The molecular weight excluding hydrogens is 394 g/mol. The van der Waals surface area contributed by atoms with E-state index in [1.54, 1.807) is 13.2 Å². The second-order valence-corrected chi connectivity index (χ2v) is 7.65. The average Bonchev–Trinajstić information content (AvgIpc) is 3.07. The van der Waals surface area contributed by atoms with Crippen molar-refractivity contribution in [1.82, 2.24) is 9.55 Å². The molecule has 2 aromatic carbocycles. The Kier molecular flexibility index (Phi) is 4.67. The molecule has 31 heavy (non-hydrogen) atoms. The normalized spacial score (nSPS) is 16.5. The van der Waals surface area contributed by atoms with Crippen LogP contribution >= 0.6 is 0 Å². The van der Waals surface area contributed by atoms with Gasteiger partial charge in [0.2, 0.25) is 0 Å². The molecule has 1 aliphatic carbocycles. The van der Waals surface area contributed by atoms with Crippen LogP contribution in [0.15, 0.2) is 69.8 Å². The van der Waals surface area contributed by atoms with Gasteiger partial charge in [0.15, 0.2) is 5.78 Å². The van der Waals surface area contributed by atoms with E-state index in [-0.39, 0.29) is 5.78 Å². The molecule has 1 aromatic heterocycles. The third kappa shape index (κ3) is 2.97. The molecule has 0 saturated heterocycles. The van der Waals surface area contributed by atoms with Crippen molar-refractivity contribution in [3.05, 3.63) is 103 Å². The fourth-order valence-corrected chi connectivity index (χ4v) is 4.52. The first kappa shape index (κ1) is 19.3. The number of carbonyl (C=O) groups is 1. The van der Waals surface area contributed by atoms with Crippen molar-refractivity contribution in [3.63, 3.8) is 0 Å². The highest BCUT2D eigenvalue weighted by Gasteiger charge is 2.42. The Morgan fingerprint density at radius 3 is 2.42 bits per heavy atom. The molecular formula is C24H21N3O4. The summed E-state index contributed by atoms with van der Waals surface area (Å²) in [5.41, 5.74) is 2.80. The van der Waals surface area contributed by atoms with Crippen LogP contribution in [0.3, 0.4) is 0 Å². The lowest BCUT2D eigenvalue weighted by Crippen LogP contribution is -2.38. The Balaban J connectivity index is 1.78. The molecule has 0 bridgehead atoms. The second kappa shape index (κ2) is 7.52. The molecule has 0 amide bonds. The zero-order chi connectivity index (χ0) is 21.5. The van der Waals surface area contributed by atoms with E-state index in [1.807, 2.05) is 48.5 Å². The number of anilines is 1. The average molecular weight is 415 g/mol. The fraction of sp³-hybridized carbons (Fsp3) is 0.208. The van der Waals surface area contributed by atoms with Gasteiger partial charge < -0.3 is 10.1 Å². The van der Waals surface area contributed by atoms with Crippen molar-refractivity contribution in [3.8, 4) is 0 Å². The Labute approximate surface area is 178 Å². The quantitative estimate of drug-likeness (QED) is 0.625. The molecule has 0 radical (unpaired) electrons. The summed E-state index contributed by atoms with van der Waals surface area (Å²) >= 11 is 0. The van der Waals surface area contributed by atoms with Gasteiger partial charge in [0.05, 0.1) is 11.3 Å². The first-order valence-corrected chi connectivity index (χ1v) is 10.2. The molecule has 0 saturated carbocycles. The minimum atomic E-state index is -0.578. The molecule has 2 heterocycles. The van der Waals surface area contributed by atoms with E-state index in [4.69, 9.17) is 4.74 Å². The van der Waals surface area contributed by atoms with Gasteiger partial charge in [0.25, 0.3) is 5.56 Å². The number of hydrogen-bond donors (Lipinski definition) is 2. The molecule has 7 heteroatoms. The summed E-state index contributed by atoms with van der Waals surface area (Å²) in [5.74, 6) is -0.249. The van der Waals surface area contributed by atoms with Gasteiger partial charge in [-0.3, -0.25) is 19.1 Å². The van der Waals surface area contributed by atoms with Crippen LogP contribution in [0.4, 0.5) is 5.82 Å². The zero-order valence-corrected chi connectivity index (χ0v) is 17.0. The number of rotatable bonds is 5. The minimum absolute atomic E-state index is 0.103. The topological polar surface area (TPSA) is 93.2 Å². The predicted octanol–water partition coefficient (Wildman–Crippen LogP) is 2.74. The van der Waals surface area contributed by atoms with Crippen LogP contribution in [-0.2, 0) is 11.3 Å². The first-order chi connectivity index (χ1) is 15.1. The number of carbonyl (C=O) groups excluding carboxylic acids is 1. The fourth-order valence-electron chi connectivity index (χ4n) is 4.52. The van der Waals surface area contributed by atoms with Gasteiger partial charge in [0, 0.05) is 42.9 Å². The van der Waals surface area contributed by atoms with Crippen molar-refractivity contribution in [1.29, 1.82) is 0 Å². The van der Waals surface area contributed by atoms with E-state index < -0.39 is 17.2 Å². The maximum atomic E-state index is 13.4. The number of H-pyrrole nitrogens is 1. The summed E-state index contributed by atoms with van der Waals surface area (Å²) in [7, 11) is 1.60. The Morgan fingerprint density at radius 2 is 1.68 bits per heavy atom. The number of nitrogens with zero attached hydrogens (tertiary/aromatic N) is 1. The Bertz CT molecular complexity index is 1330. The zero-order valence-electron chi connectivity index (χ0n) is 17.0. The summed E-state index contributed by atoms with van der Waals surface area (Å²) in [4.78, 5) is 41.6. The number of aromatic nitrogens is 2. The van der Waals surface area contributed by atoms with Gasteiger partial charge in [-0.2, -0.15) is 0 Å². The van der Waals surface area contributed by atoms with E-state index in [2.05, 4.69) is 10.3 Å². The maximum Gasteiger partial charge on any atom is 0.329 e. The van der Waals surface area contributed by atoms with Crippen LogP contribution in [0.5, 0.6) is 0 Å². The van der Waals surface area contributed by atoms with E-state index in [1.165, 1.54) is 4.57 Å². The monoisotopic (exact) mass is 415 g/mol. The van der Waals surface area contributed by atoms with Gasteiger partial charge in [-0.1, -0.05) is 54.6 Å². The van der Waals surface area contributed by atoms with Crippen LogP contribution in [0, 0.1) is 0 Å². The van der Waals surface area contributed by atoms with Gasteiger partial charge in [0.1, 0.15) is 5.82 Å². The highest BCUT2D eigenvalue weighted by Crippen LogP contribution is 2.47. The van der Waals surface area contributed by atoms with Crippen molar-refractivity contribution in [2.75, 3.05) is 19.0 Å². The molecule has 2 aliphatic rings. The number of Topliss-reactive ketones (excluding diaryl/α,β-unsaturated/α-hetero) is 1. The molecule has 2 N–H and O–H groups in total. The number of fused-ring (bicyclic) bond motifs is 3. The molecule has 1 aliphatic heterocycles. The van der Waals surface area contributed by atoms with Crippen molar-refractivity contribution < 1.29 is 9.53 Å². The molecule has 1 atom stereocenters. The van der Waals surface area contributed by atoms with Crippen LogP contribution in [0.2, 0.25) is 0 Å². The van der Waals surface area contributed by atoms with Crippen molar-refractivity contribution in [2.24, 2.45) is 0 Å². The molecule has 7 nitrogen and oxygen atoms in total. The number of aromatic amines is 1. The van der Waals surface area contributed by atoms with Gasteiger partial charge in [-0.05, 0) is 12.0 Å². The molecule has 0 fully saturated rings. The van der Waals surface area contributed by atoms with E-state index in [9.17, 15) is 14.4 Å². The molecule has 0 spiro atoms. The summed E-state index contributed by atoms with van der Waals surface area (Å²) in [6.45, 7) is 0.857. The number of methoxy groups -OCH3 is 1. The summed E-state index contributed by atoms with van der Waals surface area (Å²) in [6, 6.07) is 16.8. The maximum absolute atomic E-state index is 13.4. The largest absolute Gasteiger partial charge is 0.385 e. The van der Waals surface area contributed by atoms with Crippen molar-refractivity contribution >= 4 is 17.3 Å². The summed E-state index contributed by atoms with van der Waals surface area (Å²) in [5, 5.41) is 3.28. The number of ether oxygens (including phenoxy) is 1. The summed E-state index contributed by atoms with van der Waals surface area (Å²) in [6.07, 6.45) is 0.605. The number of allylic oxidation sites excluding steroid dienone is 1.